The van der Waals surface area contributed by atoms with Crippen LogP contribution in [0, 0.1) is 12.8 Å². The monoisotopic (exact) mass is 292 g/mol. The van der Waals surface area contributed by atoms with Crippen molar-refractivity contribution in [3.8, 4) is 11.5 Å². The second-order valence-electron chi connectivity index (χ2n) is 5.75. The van der Waals surface area contributed by atoms with Crippen LogP contribution >= 0.6 is 0 Å². The number of amides is 1. The van der Waals surface area contributed by atoms with Crippen LogP contribution < -0.4 is 5.32 Å². The zero-order valence-electron chi connectivity index (χ0n) is 12.3. The Morgan fingerprint density at radius 3 is 2.77 bits per heavy atom. The summed E-state index contributed by atoms with van der Waals surface area (Å²) in [5, 5.41) is 2.99. The van der Waals surface area contributed by atoms with Crippen molar-refractivity contribution in [2.45, 2.75) is 19.8 Å². The van der Waals surface area contributed by atoms with E-state index in [1.165, 1.54) is 0 Å². The minimum absolute atomic E-state index is 0.0831. The minimum atomic E-state index is 0.0831. The van der Waals surface area contributed by atoms with Crippen molar-refractivity contribution >= 4 is 22.7 Å². The number of benzene rings is 2. The van der Waals surface area contributed by atoms with Crippen LogP contribution in [0.4, 0.5) is 5.69 Å². The van der Waals surface area contributed by atoms with Crippen molar-refractivity contribution in [3.05, 3.63) is 48.0 Å². The average molecular weight is 292 g/mol. The Bertz CT molecular complexity index is 862. The largest absolute Gasteiger partial charge is 0.436 e. The SMILES string of the molecule is Cc1cccc2oc(-c3ccccc3NC(=O)C3CC3)nc12. The summed E-state index contributed by atoms with van der Waals surface area (Å²) >= 11 is 0. The van der Waals surface area contributed by atoms with Gasteiger partial charge in [-0.1, -0.05) is 24.3 Å². The fraction of sp³-hybridized carbons (Fsp3) is 0.222. The van der Waals surface area contributed by atoms with E-state index in [-0.39, 0.29) is 11.8 Å². The Kier molecular flexibility index (Phi) is 2.96. The highest BCUT2D eigenvalue weighted by atomic mass is 16.3. The molecule has 0 unspecified atom stereocenters. The lowest BCUT2D eigenvalue weighted by molar-refractivity contribution is -0.117. The van der Waals surface area contributed by atoms with E-state index < -0.39 is 0 Å². The van der Waals surface area contributed by atoms with E-state index >= 15 is 0 Å². The smallest absolute Gasteiger partial charge is 0.229 e. The standard InChI is InChI=1S/C18H16N2O2/c1-11-5-4-8-15-16(11)20-18(22-15)13-6-2-3-7-14(13)19-17(21)12-9-10-12/h2-8,12H,9-10H2,1H3,(H,19,21). The summed E-state index contributed by atoms with van der Waals surface area (Å²) in [6, 6.07) is 13.5. The molecule has 1 amide bonds. The molecule has 0 saturated heterocycles. The second kappa shape index (κ2) is 4.98. The number of carbonyl (C=O) groups excluding carboxylic acids is 1. The number of anilines is 1. The normalized spacial score (nSPS) is 14.2. The maximum Gasteiger partial charge on any atom is 0.229 e. The Hall–Kier alpha value is -2.62. The predicted octanol–water partition coefficient (Wildman–Crippen LogP) is 4.15. The van der Waals surface area contributed by atoms with Crippen LogP contribution in [0.5, 0.6) is 0 Å². The molecule has 1 aliphatic rings. The summed E-state index contributed by atoms with van der Waals surface area (Å²) in [4.78, 5) is 16.6. The van der Waals surface area contributed by atoms with Crippen LogP contribution in [0.15, 0.2) is 46.9 Å². The predicted molar refractivity (Wildman–Crippen MR) is 85.5 cm³/mol. The van der Waals surface area contributed by atoms with Gasteiger partial charge >= 0.3 is 0 Å². The topological polar surface area (TPSA) is 55.1 Å². The van der Waals surface area contributed by atoms with Gasteiger partial charge in [-0.05, 0) is 43.5 Å². The first-order valence-electron chi connectivity index (χ1n) is 7.49. The molecule has 1 aliphatic carbocycles. The van der Waals surface area contributed by atoms with Crippen molar-refractivity contribution < 1.29 is 9.21 Å². The van der Waals surface area contributed by atoms with Crippen molar-refractivity contribution in [1.29, 1.82) is 0 Å². The second-order valence-corrected chi connectivity index (χ2v) is 5.75. The molecule has 110 valence electrons. The van der Waals surface area contributed by atoms with Crippen LogP contribution in [0.1, 0.15) is 18.4 Å². The van der Waals surface area contributed by atoms with Gasteiger partial charge in [0, 0.05) is 5.92 Å². The maximum atomic E-state index is 12.0. The number of aryl methyl sites for hydroxylation is 1. The number of carbonyl (C=O) groups is 1. The molecular formula is C18H16N2O2. The van der Waals surface area contributed by atoms with Gasteiger partial charge in [0.25, 0.3) is 0 Å². The van der Waals surface area contributed by atoms with Gasteiger partial charge < -0.3 is 9.73 Å². The van der Waals surface area contributed by atoms with Gasteiger partial charge in [0.1, 0.15) is 5.52 Å². The van der Waals surface area contributed by atoms with Gasteiger partial charge in [-0.2, -0.15) is 0 Å². The van der Waals surface area contributed by atoms with Crippen LogP contribution in [0.2, 0.25) is 0 Å². The van der Waals surface area contributed by atoms with Gasteiger partial charge in [0.2, 0.25) is 11.8 Å². The zero-order chi connectivity index (χ0) is 15.1. The molecule has 0 atom stereocenters. The number of hydrogen-bond acceptors (Lipinski definition) is 3. The third-order valence-corrected chi connectivity index (χ3v) is 3.98. The fourth-order valence-corrected chi connectivity index (χ4v) is 2.56. The molecule has 1 saturated carbocycles. The first-order valence-corrected chi connectivity index (χ1v) is 7.49. The van der Waals surface area contributed by atoms with Crippen molar-refractivity contribution in [1.82, 2.24) is 4.98 Å². The number of para-hydroxylation sites is 2. The molecule has 4 nitrogen and oxygen atoms in total. The Labute approximate surface area is 128 Å². The number of nitrogens with zero attached hydrogens (tertiary/aromatic N) is 1. The van der Waals surface area contributed by atoms with E-state index in [0.717, 1.165) is 40.8 Å². The average Bonchev–Trinajstić information content (AvgIpc) is 3.28. The van der Waals surface area contributed by atoms with Crippen molar-refractivity contribution in [2.75, 3.05) is 5.32 Å². The Balaban J connectivity index is 1.77. The van der Waals surface area contributed by atoms with Gasteiger partial charge in [-0.3, -0.25) is 4.79 Å². The molecule has 3 aromatic rings. The molecule has 1 N–H and O–H groups in total. The lowest BCUT2D eigenvalue weighted by Crippen LogP contribution is -2.13. The van der Waals surface area contributed by atoms with E-state index in [9.17, 15) is 4.79 Å². The zero-order valence-corrected chi connectivity index (χ0v) is 12.3. The Morgan fingerprint density at radius 1 is 1.18 bits per heavy atom. The maximum absolute atomic E-state index is 12.0. The highest BCUT2D eigenvalue weighted by molar-refractivity contribution is 5.97. The number of hydrogen-bond donors (Lipinski definition) is 1. The summed E-state index contributed by atoms with van der Waals surface area (Å²) < 4.78 is 5.87. The van der Waals surface area contributed by atoms with Gasteiger partial charge in [0.05, 0.1) is 11.3 Å². The van der Waals surface area contributed by atoms with E-state index in [4.69, 9.17) is 4.42 Å². The number of oxazole rings is 1. The van der Waals surface area contributed by atoms with Crippen LogP contribution in [-0.4, -0.2) is 10.9 Å². The lowest BCUT2D eigenvalue weighted by Gasteiger charge is -2.07. The van der Waals surface area contributed by atoms with E-state index in [0.29, 0.717) is 5.89 Å². The molecule has 1 fully saturated rings. The first kappa shape index (κ1) is 13.1. The first-order chi connectivity index (χ1) is 10.7. The molecule has 2 aromatic carbocycles. The molecule has 0 spiro atoms. The summed E-state index contributed by atoms with van der Waals surface area (Å²) in [6.45, 7) is 2.01. The van der Waals surface area contributed by atoms with E-state index in [1.807, 2.05) is 49.4 Å². The summed E-state index contributed by atoms with van der Waals surface area (Å²) in [5.74, 6) is 0.787. The number of fused-ring (bicyclic) bond motifs is 1. The van der Waals surface area contributed by atoms with E-state index in [1.54, 1.807) is 0 Å². The van der Waals surface area contributed by atoms with E-state index in [2.05, 4.69) is 10.3 Å². The van der Waals surface area contributed by atoms with Crippen LogP contribution in [-0.2, 0) is 4.79 Å². The van der Waals surface area contributed by atoms with Gasteiger partial charge in [-0.15, -0.1) is 0 Å². The highest BCUT2D eigenvalue weighted by Gasteiger charge is 2.30. The highest BCUT2D eigenvalue weighted by Crippen LogP contribution is 2.34. The molecule has 1 aromatic heterocycles. The molecule has 4 rings (SSSR count). The summed E-state index contributed by atoms with van der Waals surface area (Å²) in [7, 11) is 0. The lowest BCUT2D eigenvalue weighted by atomic mass is 10.1. The number of rotatable bonds is 3. The molecule has 0 aliphatic heterocycles. The van der Waals surface area contributed by atoms with Gasteiger partial charge in [-0.25, -0.2) is 4.98 Å². The van der Waals surface area contributed by atoms with Crippen LogP contribution in [0.3, 0.4) is 0 Å². The molecule has 1 heterocycles. The number of nitrogens with one attached hydrogen (secondary N) is 1. The molecule has 4 heteroatoms. The third kappa shape index (κ3) is 2.26. The third-order valence-electron chi connectivity index (χ3n) is 3.98. The quantitative estimate of drug-likeness (QED) is 0.789. The minimum Gasteiger partial charge on any atom is -0.436 e. The summed E-state index contributed by atoms with van der Waals surface area (Å²) in [6.07, 6.45) is 1.96. The molecule has 0 bridgehead atoms. The Morgan fingerprint density at radius 2 is 2.00 bits per heavy atom. The summed E-state index contributed by atoms with van der Waals surface area (Å²) in [5.41, 5.74) is 4.27. The molecule has 0 radical (unpaired) electrons. The van der Waals surface area contributed by atoms with Crippen molar-refractivity contribution in [2.24, 2.45) is 5.92 Å². The van der Waals surface area contributed by atoms with Crippen molar-refractivity contribution in [3.63, 3.8) is 0 Å². The molecule has 22 heavy (non-hydrogen) atoms. The molecular weight excluding hydrogens is 276 g/mol. The fourth-order valence-electron chi connectivity index (χ4n) is 2.56. The van der Waals surface area contributed by atoms with Crippen LogP contribution in [0.25, 0.3) is 22.6 Å². The van der Waals surface area contributed by atoms with Gasteiger partial charge in [0.15, 0.2) is 5.58 Å². The number of aromatic nitrogens is 1.